The van der Waals surface area contributed by atoms with Gasteiger partial charge in [0.1, 0.15) is 0 Å². The quantitative estimate of drug-likeness (QED) is 0.313. The predicted molar refractivity (Wildman–Crippen MR) is 103 cm³/mol. The number of allylic oxidation sites excluding steroid dienone is 1. The second-order valence-corrected chi connectivity index (χ2v) is 7.56. The molecule has 1 unspecified atom stereocenters. The van der Waals surface area contributed by atoms with Crippen molar-refractivity contribution in [2.75, 3.05) is 0 Å². The molecule has 0 aromatic heterocycles. The molecule has 0 radical (unpaired) electrons. The van der Waals surface area contributed by atoms with E-state index >= 15 is 0 Å². The molecule has 2 rings (SSSR count). The number of hydrogen-bond acceptors (Lipinski definition) is 1. The summed E-state index contributed by atoms with van der Waals surface area (Å²) in [5.74, 6) is -10.0. The zero-order chi connectivity index (χ0) is 24.6. The number of hydrogen-bond donors (Lipinski definition) is 1. The van der Waals surface area contributed by atoms with Crippen LogP contribution in [0.15, 0.2) is 36.4 Å². The first-order valence-corrected chi connectivity index (χ1v) is 9.32. The van der Waals surface area contributed by atoms with Crippen molar-refractivity contribution < 1.29 is 45.0 Å². The number of carboxylic acids is 1. The van der Waals surface area contributed by atoms with Crippen LogP contribution < -0.4 is 0 Å². The Bertz CT molecular complexity index is 1040. The van der Waals surface area contributed by atoms with E-state index in [-0.39, 0.29) is 5.02 Å². The highest BCUT2D eigenvalue weighted by atomic mass is 35.5. The Balaban J connectivity index is 2.64. The van der Waals surface area contributed by atoms with E-state index in [0.29, 0.717) is 24.3 Å². The summed E-state index contributed by atoms with van der Waals surface area (Å²) in [5, 5.41) is 7.74. The molecule has 0 amide bonds. The summed E-state index contributed by atoms with van der Waals surface area (Å²) in [4.78, 5) is 11.0. The average Bonchev–Trinajstić information content (AvgIpc) is 2.64. The Labute approximate surface area is 190 Å². The number of rotatable bonds is 5. The number of alkyl halides is 8. The Morgan fingerprint density at radius 2 is 1.44 bits per heavy atom. The molecule has 2 aromatic carbocycles. The number of halogens is 11. The molecule has 0 aliphatic carbocycles. The first kappa shape index (κ1) is 26.2. The average molecular weight is 528 g/mol. The lowest BCUT2D eigenvalue weighted by molar-refractivity contribution is -0.286. The number of benzene rings is 2. The molecule has 0 saturated carbocycles. The summed E-state index contributed by atoms with van der Waals surface area (Å²) >= 11 is 17.1. The highest BCUT2D eigenvalue weighted by Crippen LogP contribution is 2.48. The van der Waals surface area contributed by atoms with Crippen molar-refractivity contribution in [2.24, 2.45) is 0 Å². The van der Waals surface area contributed by atoms with Crippen LogP contribution >= 0.6 is 34.8 Å². The zero-order valence-corrected chi connectivity index (χ0v) is 17.4. The smallest absolute Gasteiger partial charge is 0.454 e. The molecule has 0 bridgehead atoms. The molecule has 32 heavy (non-hydrogen) atoms. The molecule has 0 aliphatic heterocycles. The molecule has 0 heterocycles. The van der Waals surface area contributed by atoms with Gasteiger partial charge in [0.15, 0.2) is 0 Å². The normalized spacial score (nSPS) is 14.1. The van der Waals surface area contributed by atoms with Gasteiger partial charge in [-0.3, -0.25) is 0 Å². The van der Waals surface area contributed by atoms with E-state index in [4.69, 9.17) is 39.9 Å². The van der Waals surface area contributed by atoms with Gasteiger partial charge in [0, 0.05) is 0 Å². The third-order valence-electron chi connectivity index (χ3n) is 4.19. The summed E-state index contributed by atoms with van der Waals surface area (Å²) in [6.45, 7) is 0. The summed E-state index contributed by atoms with van der Waals surface area (Å²) < 4.78 is 107. The van der Waals surface area contributed by atoms with Gasteiger partial charge in [-0.05, 0) is 35.4 Å². The summed E-state index contributed by atoms with van der Waals surface area (Å²) in [7, 11) is 0. The Hall–Kier alpha value is -2.04. The summed E-state index contributed by atoms with van der Waals surface area (Å²) in [6, 6.07) is 3.13. The maximum Gasteiger partial charge on any atom is 0.454 e. The van der Waals surface area contributed by atoms with Gasteiger partial charge in [-0.2, -0.15) is 35.1 Å². The SMILES string of the molecule is O=C(O)c1ccc(/C=C/C(c2cc(Cl)c(Cl)c(Cl)c2)C(F)(F)C(F)(F)F)cc1C(F)(F)F. The van der Waals surface area contributed by atoms with Crippen molar-refractivity contribution >= 4 is 46.8 Å². The number of carbonyl (C=O) groups is 1. The van der Waals surface area contributed by atoms with Crippen LogP contribution in [0.2, 0.25) is 15.1 Å². The fraction of sp³-hybridized carbons (Fsp3) is 0.211. The second kappa shape index (κ2) is 9.07. The molecule has 2 aromatic rings. The van der Waals surface area contributed by atoms with E-state index in [1.165, 1.54) is 0 Å². The fourth-order valence-corrected chi connectivity index (χ4v) is 3.28. The van der Waals surface area contributed by atoms with Gasteiger partial charge in [-0.15, -0.1) is 0 Å². The van der Waals surface area contributed by atoms with Crippen LogP contribution in [0.5, 0.6) is 0 Å². The molecule has 13 heteroatoms. The van der Waals surface area contributed by atoms with Crippen molar-refractivity contribution in [3.63, 3.8) is 0 Å². The van der Waals surface area contributed by atoms with Gasteiger partial charge < -0.3 is 5.11 Å². The molecule has 174 valence electrons. The standard InChI is InChI=1S/C19H9Cl3F8O2/c20-13-6-9(7-14(21)15(13)22)11(17(23,24)19(28,29)30)4-2-8-1-3-10(16(31)32)12(5-8)18(25,26)27/h1-7,11H,(H,31,32)/b4-2+. The maximum absolute atomic E-state index is 14.2. The van der Waals surface area contributed by atoms with Gasteiger partial charge in [0.05, 0.1) is 32.1 Å². The topological polar surface area (TPSA) is 37.3 Å². The molecule has 2 nitrogen and oxygen atoms in total. The first-order chi connectivity index (χ1) is 14.5. The van der Waals surface area contributed by atoms with Crippen molar-refractivity contribution in [1.82, 2.24) is 0 Å². The lowest BCUT2D eigenvalue weighted by Crippen LogP contribution is -2.41. The van der Waals surface area contributed by atoms with Gasteiger partial charge >= 0.3 is 24.2 Å². The molecule has 0 aliphatic rings. The Morgan fingerprint density at radius 3 is 1.88 bits per heavy atom. The lowest BCUT2D eigenvalue weighted by atomic mass is 9.90. The third-order valence-corrected chi connectivity index (χ3v) is 5.39. The molecular weight excluding hydrogens is 519 g/mol. The van der Waals surface area contributed by atoms with E-state index in [9.17, 15) is 39.9 Å². The Morgan fingerprint density at radius 1 is 0.906 bits per heavy atom. The third kappa shape index (κ3) is 5.47. The lowest BCUT2D eigenvalue weighted by Gasteiger charge is -2.27. The molecule has 0 saturated heterocycles. The van der Waals surface area contributed by atoms with Crippen LogP contribution in [0.25, 0.3) is 6.08 Å². The van der Waals surface area contributed by atoms with E-state index in [0.717, 1.165) is 18.2 Å². The molecule has 0 spiro atoms. The summed E-state index contributed by atoms with van der Waals surface area (Å²) in [6.07, 6.45) is -10.3. The summed E-state index contributed by atoms with van der Waals surface area (Å²) in [5.41, 5.74) is -3.91. The highest BCUT2D eigenvalue weighted by molar-refractivity contribution is 6.48. The minimum atomic E-state index is -6.04. The van der Waals surface area contributed by atoms with Crippen LogP contribution in [-0.2, 0) is 6.18 Å². The van der Waals surface area contributed by atoms with E-state index in [1.807, 2.05) is 0 Å². The van der Waals surface area contributed by atoms with Crippen molar-refractivity contribution in [1.29, 1.82) is 0 Å². The molecule has 1 N–H and O–H groups in total. The Kier molecular flexibility index (Phi) is 7.43. The minimum Gasteiger partial charge on any atom is -0.478 e. The fourth-order valence-electron chi connectivity index (χ4n) is 2.67. The largest absolute Gasteiger partial charge is 0.478 e. The second-order valence-electron chi connectivity index (χ2n) is 6.36. The first-order valence-electron chi connectivity index (χ1n) is 8.18. The van der Waals surface area contributed by atoms with Gasteiger partial charge in [0.2, 0.25) is 0 Å². The number of aromatic carboxylic acids is 1. The van der Waals surface area contributed by atoms with E-state index < -0.39 is 62.5 Å². The van der Waals surface area contributed by atoms with Crippen LogP contribution in [0.4, 0.5) is 35.1 Å². The van der Waals surface area contributed by atoms with Crippen molar-refractivity contribution in [3.8, 4) is 0 Å². The van der Waals surface area contributed by atoms with Crippen LogP contribution in [0.1, 0.15) is 33.0 Å². The van der Waals surface area contributed by atoms with Crippen LogP contribution in [0.3, 0.4) is 0 Å². The molecule has 0 fully saturated rings. The van der Waals surface area contributed by atoms with Gasteiger partial charge in [-0.25, -0.2) is 4.79 Å². The predicted octanol–water partition coefficient (Wildman–Crippen LogP) is 8.36. The van der Waals surface area contributed by atoms with Gasteiger partial charge in [-0.1, -0.05) is 53.0 Å². The molecule has 1 atom stereocenters. The van der Waals surface area contributed by atoms with Crippen molar-refractivity contribution in [2.45, 2.75) is 24.2 Å². The molecular formula is C19H9Cl3F8O2. The maximum atomic E-state index is 14.2. The van der Waals surface area contributed by atoms with Gasteiger partial charge in [0.25, 0.3) is 0 Å². The highest BCUT2D eigenvalue weighted by Gasteiger charge is 2.62. The zero-order valence-electron chi connectivity index (χ0n) is 15.1. The number of carboxylic acid groups (broad SMARTS) is 1. The van der Waals surface area contributed by atoms with Crippen molar-refractivity contribution in [3.05, 3.63) is 73.7 Å². The van der Waals surface area contributed by atoms with E-state index in [1.54, 1.807) is 0 Å². The van der Waals surface area contributed by atoms with E-state index in [2.05, 4.69) is 0 Å². The monoisotopic (exact) mass is 526 g/mol. The van der Waals surface area contributed by atoms with Crippen LogP contribution in [-0.4, -0.2) is 23.2 Å². The van der Waals surface area contributed by atoms with Crippen LogP contribution in [0, 0.1) is 0 Å². The minimum absolute atomic E-state index is 0.297.